The van der Waals surface area contributed by atoms with Gasteiger partial charge in [-0.15, -0.1) is 0 Å². The summed E-state index contributed by atoms with van der Waals surface area (Å²) in [5.74, 6) is 2.15. The van der Waals surface area contributed by atoms with Gasteiger partial charge in [-0.25, -0.2) is 4.39 Å². The molecular formula is C12H19F. The second-order valence-corrected chi connectivity index (χ2v) is 6.23. The third-order valence-corrected chi connectivity index (χ3v) is 5.30. The zero-order valence-electron chi connectivity index (χ0n) is 8.65. The number of hydrogen-bond acceptors (Lipinski definition) is 0. The largest absolute Gasteiger partial charge is 0.243 e. The number of rotatable bonds is 0. The highest BCUT2D eigenvalue weighted by Crippen LogP contribution is 2.65. The Balaban J connectivity index is 2.03. The maximum atomic E-state index is 14.7. The maximum absolute atomic E-state index is 14.7. The van der Waals surface area contributed by atoms with E-state index in [0.717, 1.165) is 24.7 Å². The molecule has 4 bridgehead atoms. The first-order chi connectivity index (χ1) is 6.01. The molecule has 4 saturated carbocycles. The van der Waals surface area contributed by atoms with E-state index in [1.807, 2.05) is 0 Å². The van der Waals surface area contributed by atoms with Crippen molar-refractivity contribution in [1.82, 2.24) is 0 Å². The van der Waals surface area contributed by atoms with Crippen molar-refractivity contribution in [2.45, 2.75) is 51.6 Å². The molecule has 0 aromatic carbocycles. The van der Waals surface area contributed by atoms with Crippen LogP contribution in [0.2, 0.25) is 0 Å². The van der Waals surface area contributed by atoms with Gasteiger partial charge in [-0.3, -0.25) is 0 Å². The topological polar surface area (TPSA) is 0 Å². The van der Waals surface area contributed by atoms with Gasteiger partial charge in [0, 0.05) is 5.41 Å². The van der Waals surface area contributed by atoms with Crippen LogP contribution in [0.5, 0.6) is 0 Å². The maximum Gasteiger partial charge on any atom is 0.116 e. The van der Waals surface area contributed by atoms with E-state index in [1.54, 1.807) is 0 Å². The smallest absolute Gasteiger partial charge is 0.116 e. The van der Waals surface area contributed by atoms with E-state index < -0.39 is 5.67 Å². The third kappa shape index (κ3) is 0.863. The Morgan fingerprint density at radius 3 is 2.00 bits per heavy atom. The Hall–Kier alpha value is -0.0700. The molecule has 4 aliphatic carbocycles. The van der Waals surface area contributed by atoms with Crippen molar-refractivity contribution in [2.24, 2.45) is 23.2 Å². The van der Waals surface area contributed by atoms with Crippen LogP contribution in [-0.4, -0.2) is 5.67 Å². The predicted molar refractivity (Wildman–Crippen MR) is 51.2 cm³/mol. The molecule has 4 fully saturated rings. The first-order valence-electron chi connectivity index (χ1n) is 5.70. The Morgan fingerprint density at radius 2 is 1.54 bits per heavy atom. The molecule has 0 heterocycles. The second kappa shape index (κ2) is 2.12. The fourth-order valence-electron chi connectivity index (χ4n) is 4.38. The van der Waals surface area contributed by atoms with Crippen LogP contribution in [0.25, 0.3) is 0 Å². The molecule has 2 atom stereocenters. The second-order valence-electron chi connectivity index (χ2n) is 6.23. The Morgan fingerprint density at radius 1 is 1.00 bits per heavy atom. The van der Waals surface area contributed by atoms with Crippen molar-refractivity contribution < 1.29 is 4.39 Å². The molecule has 0 aromatic rings. The molecule has 13 heavy (non-hydrogen) atoms. The average Bonchev–Trinajstić information content (AvgIpc) is 1.99. The molecule has 0 spiro atoms. The molecule has 0 N–H and O–H groups in total. The first kappa shape index (κ1) is 8.26. The highest BCUT2D eigenvalue weighted by atomic mass is 19.1. The minimum absolute atomic E-state index is 0.0274. The van der Waals surface area contributed by atoms with Crippen LogP contribution in [0, 0.1) is 23.2 Å². The van der Waals surface area contributed by atoms with Gasteiger partial charge in [0.1, 0.15) is 5.67 Å². The fourth-order valence-corrected chi connectivity index (χ4v) is 4.38. The standard InChI is InChI=1S/C12H19F/c1-11(2)10-4-8-3-9(5-10)7-12(11,13)6-8/h8-10H,3-7H2,1-2H3. The van der Waals surface area contributed by atoms with Crippen LogP contribution in [-0.2, 0) is 0 Å². The number of hydrogen-bond donors (Lipinski definition) is 0. The normalized spacial score (nSPS) is 57.0. The predicted octanol–water partition coefficient (Wildman–Crippen LogP) is 3.56. The van der Waals surface area contributed by atoms with Gasteiger partial charge in [0.2, 0.25) is 0 Å². The molecule has 0 saturated heterocycles. The van der Waals surface area contributed by atoms with Crippen molar-refractivity contribution in [3.05, 3.63) is 0 Å². The van der Waals surface area contributed by atoms with Crippen molar-refractivity contribution >= 4 is 0 Å². The van der Waals surface area contributed by atoms with Crippen molar-refractivity contribution in [3.8, 4) is 0 Å². The van der Waals surface area contributed by atoms with Gasteiger partial charge < -0.3 is 0 Å². The molecule has 0 amide bonds. The van der Waals surface area contributed by atoms with Crippen molar-refractivity contribution in [3.63, 3.8) is 0 Å². The van der Waals surface area contributed by atoms with E-state index >= 15 is 0 Å². The van der Waals surface area contributed by atoms with Gasteiger partial charge in [-0.2, -0.15) is 0 Å². The first-order valence-corrected chi connectivity index (χ1v) is 5.70. The van der Waals surface area contributed by atoms with Crippen LogP contribution in [0.3, 0.4) is 0 Å². The molecule has 0 aromatic heterocycles. The summed E-state index contributed by atoms with van der Waals surface area (Å²) in [7, 11) is 0. The van der Waals surface area contributed by atoms with E-state index in [2.05, 4.69) is 13.8 Å². The SMILES string of the molecule is CC1(C)C2CC3CC(C2)CC1(F)C3. The number of halogens is 1. The quantitative estimate of drug-likeness (QED) is 0.537. The van der Waals surface area contributed by atoms with Crippen LogP contribution < -0.4 is 0 Å². The van der Waals surface area contributed by atoms with Crippen molar-refractivity contribution in [1.29, 1.82) is 0 Å². The minimum Gasteiger partial charge on any atom is -0.243 e. The van der Waals surface area contributed by atoms with E-state index in [9.17, 15) is 4.39 Å². The lowest BCUT2D eigenvalue weighted by Crippen LogP contribution is -2.59. The Kier molecular flexibility index (Phi) is 1.35. The lowest BCUT2D eigenvalue weighted by Gasteiger charge is -2.62. The molecule has 2 unspecified atom stereocenters. The lowest BCUT2D eigenvalue weighted by atomic mass is 9.45. The monoisotopic (exact) mass is 182 g/mol. The Bertz CT molecular complexity index is 230. The minimum atomic E-state index is -0.804. The summed E-state index contributed by atoms with van der Waals surface area (Å²) < 4.78 is 14.7. The molecule has 0 aliphatic heterocycles. The van der Waals surface area contributed by atoms with Gasteiger partial charge in [0.25, 0.3) is 0 Å². The molecule has 0 nitrogen and oxygen atoms in total. The summed E-state index contributed by atoms with van der Waals surface area (Å²) in [5.41, 5.74) is -0.831. The lowest BCUT2D eigenvalue weighted by molar-refractivity contribution is -0.171. The molecule has 4 aliphatic rings. The van der Waals surface area contributed by atoms with Crippen LogP contribution in [0.15, 0.2) is 0 Å². The number of alkyl halides is 1. The van der Waals surface area contributed by atoms with Crippen LogP contribution in [0.1, 0.15) is 46.0 Å². The zero-order valence-corrected chi connectivity index (χ0v) is 8.65. The van der Waals surface area contributed by atoms with E-state index in [4.69, 9.17) is 0 Å². The van der Waals surface area contributed by atoms with Crippen LogP contribution in [0.4, 0.5) is 4.39 Å². The average molecular weight is 182 g/mol. The third-order valence-electron chi connectivity index (χ3n) is 5.30. The molecular weight excluding hydrogens is 163 g/mol. The van der Waals surface area contributed by atoms with Gasteiger partial charge in [-0.05, 0) is 49.9 Å². The van der Waals surface area contributed by atoms with Gasteiger partial charge >= 0.3 is 0 Å². The molecule has 0 radical (unpaired) electrons. The van der Waals surface area contributed by atoms with Crippen LogP contribution >= 0.6 is 0 Å². The summed E-state index contributed by atoms with van der Waals surface area (Å²) in [6.07, 6.45) is 5.70. The van der Waals surface area contributed by atoms with Gasteiger partial charge in [0.05, 0.1) is 0 Å². The molecule has 4 rings (SSSR count). The highest BCUT2D eigenvalue weighted by molar-refractivity contribution is 5.11. The summed E-state index contributed by atoms with van der Waals surface area (Å²) >= 11 is 0. The zero-order chi connectivity index (χ0) is 9.27. The van der Waals surface area contributed by atoms with E-state index in [-0.39, 0.29) is 5.41 Å². The summed E-state index contributed by atoms with van der Waals surface area (Å²) in [4.78, 5) is 0. The Labute approximate surface area is 79.9 Å². The van der Waals surface area contributed by atoms with Crippen molar-refractivity contribution in [2.75, 3.05) is 0 Å². The molecule has 1 heteroatoms. The fraction of sp³-hybridized carbons (Fsp3) is 1.00. The summed E-state index contributed by atoms with van der Waals surface area (Å²) in [6, 6.07) is 0. The highest BCUT2D eigenvalue weighted by Gasteiger charge is 2.61. The van der Waals surface area contributed by atoms with E-state index in [1.165, 1.54) is 19.3 Å². The van der Waals surface area contributed by atoms with Gasteiger partial charge in [-0.1, -0.05) is 13.8 Å². The van der Waals surface area contributed by atoms with Gasteiger partial charge in [0.15, 0.2) is 0 Å². The summed E-state index contributed by atoms with van der Waals surface area (Å²) in [5, 5.41) is 0. The van der Waals surface area contributed by atoms with E-state index in [0.29, 0.717) is 5.92 Å². The molecule has 74 valence electrons. The summed E-state index contributed by atoms with van der Waals surface area (Å²) in [6.45, 7) is 4.32.